The summed E-state index contributed by atoms with van der Waals surface area (Å²) in [7, 11) is 1.52. The number of hydrogen-bond donors (Lipinski definition) is 3. The van der Waals surface area contributed by atoms with Gasteiger partial charge in [-0.15, -0.1) is 0 Å². The number of hydrogen-bond acceptors (Lipinski definition) is 3. The first-order chi connectivity index (χ1) is 8.95. The Morgan fingerprint density at radius 1 is 1.47 bits per heavy atom. The molecule has 2 amide bonds. The van der Waals surface area contributed by atoms with Gasteiger partial charge in [-0.2, -0.15) is 0 Å². The molecule has 0 aliphatic carbocycles. The van der Waals surface area contributed by atoms with Crippen molar-refractivity contribution in [3.63, 3.8) is 0 Å². The maximum absolute atomic E-state index is 11.7. The van der Waals surface area contributed by atoms with Crippen molar-refractivity contribution in [2.75, 3.05) is 19.0 Å². The van der Waals surface area contributed by atoms with E-state index in [0.717, 1.165) is 0 Å². The van der Waals surface area contributed by atoms with Crippen LogP contribution in [0.4, 0.5) is 10.5 Å². The SMILES string of the molecule is COCC(C)NC(=O)Nc1cccc(Cl)c1C(=O)O. The average molecular weight is 287 g/mol. The van der Waals surface area contributed by atoms with Crippen LogP contribution in [0.25, 0.3) is 0 Å². The summed E-state index contributed by atoms with van der Waals surface area (Å²) in [5.41, 5.74) is 0.000767. The molecule has 1 rings (SSSR count). The third kappa shape index (κ3) is 4.42. The van der Waals surface area contributed by atoms with Crippen LogP contribution in [0.1, 0.15) is 17.3 Å². The third-order valence-corrected chi connectivity index (χ3v) is 2.58. The van der Waals surface area contributed by atoms with Gasteiger partial charge < -0.3 is 20.5 Å². The molecule has 19 heavy (non-hydrogen) atoms. The Kier molecular flexibility index (Phi) is 5.59. The van der Waals surface area contributed by atoms with Gasteiger partial charge in [-0.05, 0) is 19.1 Å². The number of carbonyl (C=O) groups excluding carboxylic acids is 1. The molecule has 1 unspecified atom stereocenters. The zero-order chi connectivity index (χ0) is 14.4. The minimum Gasteiger partial charge on any atom is -0.478 e. The second-order valence-corrected chi connectivity index (χ2v) is 4.33. The van der Waals surface area contributed by atoms with E-state index in [-0.39, 0.29) is 22.3 Å². The number of carboxylic acid groups (broad SMARTS) is 1. The summed E-state index contributed by atoms with van der Waals surface area (Å²) in [6, 6.07) is 3.76. The molecule has 0 aliphatic rings. The number of methoxy groups -OCH3 is 1. The third-order valence-electron chi connectivity index (χ3n) is 2.27. The highest BCUT2D eigenvalue weighted by Crippen LogP contribution is 2.24. The molecule has 104 valence electrons. The fourth-order valence-electron chi connectivity index (χ4n) is 1.52. The van der Waals surface area contributed by atoms with Gasteiger partial charge in [0.25, 0.3) is 0 Å². The number of urea groups is 1. The topological polar surface area (TPSA) is 87.7 Å². The minimum atomic E-state index is -1.20. The van der Waals surface area contributed by atoms with Crippen molar-refractivity contribution in [3.05, 3.63) is 28.8 Å². The molecule has 0 bridgehead atoms. The molecule has 7 heteroatoms. The van der Waals surface area contributed by atoms with Crippen LogP contribution in [-0.2, 0) is 4.74 Å². The molecular weight excluding hydrogens is 272 g/mol. The second-order valence-electron chi connectivity index (χ2n) is 3.92. The molecule has 1 atom stereocenters. The largest absolute Gasteiger partial charge is 0.478 e. The van der Waals surface area contributed by atoms with E-state index in [9.17, 15) is 9.59 Å². The Morgan fingerprint density at radius 3 is 2.74 bits per heavy atom. The summed E-state index contributed by atoms with van der Waals surface area (Å²) in [5, 5.41) is 14.2. The first-order valence-corrected chi connectivity index (χ1v) is 5.91. The van der Waals surface area contributed by atoms with Crippen molar-refractivity contribution in [2.45, 2.75) is 13.0 Å². The maximum Gasteiger partial charge on any atom is 0.339 e. The molecule has 0 fully saturated rings. The Hall–Kier alpha value is -1.79. The van der Waals surface area contributed by atoms with Crippen molar-refractivity contribution in [2.24, 2.45) is 0 Å². The van der Waals surface area contributed by atoms with Crippen LogP contribution < -0.4 is 10.6 Å². The molecule has 0 spiro atoms. The number of carboxylic acids is 1. The fourth-order valence-corrected chi connectivity index (χ4v) is 1.77. The van der Waals surface area contributed by atoms with E-state index < -0.39 is 12.0 Å². The lowest BCUT2D eigenvalue weighted by molar-refractivity contribution is 0.0698. The molecule has 0 aliphatic heterocycles. The van der Waals surface area contributed by atoms with Crippen LogP contribution in [0.15, 0.2) is 18.2 Å². The summed E-state index contributed by atoms with van der Waals surface area (Å²) in [6.45, 7) is 2.12. The Bertz CT molecular complexity index is 479. The lowest BCUT2D eigenvalue weighted by atomic mass is 10.2. The summed E-state index contributed by atoms with van der Waals surface area (Å²) in [6.07, 6.45) is 0. The smallest absolute Gasteiger partial charge is 0.339 e. The lowest BCUT2D eigenvalue weighted by Gasteiger charge is -2.15. The molecular formula is C12H15ClN2O4. The Balaban J connectivity index is 2.80. The zero-order valence-corrected chi connectivity index (χ0v) is 11.3. The minimum absolute atomic E-state index is 0.0650. The van der Waals surface area contributed by atoms with Crippen molar-refractivity contribution in [1.82, 2.24) is 5.32 Å². The number of aromatic carboxylic acids is 1. The van der Waals surface area contributed by atoms with E-state index in [0.29, 0.717) is 6.61 Å². The lowest BCUT2D eigenvalue weighted by Crippen LogP contribution is -2.38. The van der Waals surface area contributed by atoms with E-state index in [1.54, 1.807) is 13.0 Å². The van der Waals surface area contributed by atoms with Crippen LogP contribution in [0.3, 0.4) is 0 Å². The van der Waals surface area contributed by atoms with E-state index in [4.69, 9.17) is 21.4 Å². The van der Waals surface area contributed by atoms with Gasteiger partial charge in [-0.1, -0.05) is 17.7 Å². The van der Waals surface area contributed by atoms with Crippen molar-refractivity contribution >= 4 is 29.3 Å². The molecule has 0 radical (unpaired) electrons. The number of nitrogens with one attached hydrogen (secondary N) is 2. The predicted molar refractivity (Wildman–Crippen MR) is 71.9 cm³/mol. The van der Waals surface area contributed by atoms with E-state index in [1.807, 2.05) is 0 Å². The second kappa shape index (κ2) is 6.96. The van der Waals surface area contributed by atoms with E-state index in [2.05, 4.69) is 10.6 Å². The fraction of sp³-hybridized carbons (Fsp3) is 0.333. The van der Waals surface area contributed by atoms with Gasteiger partial charge in [0.2, 0.25) is 0 Å². The summed E-state index contributed by atoms with van der Waals surface area (Å²) < 4.78 is 4.88. The van der Waals surface area contributed by atoms with Crippen molar-refractivity contribution < 1.29 is 19.4 Å². The van der Waals surface area contributed by atoms with Crippen molar-refractivity contribution in [1.29, 1.82) is 0 Å². The van der Waals surface area contributed by atoms with Crippen LogP contribution in [0.5, 0.6) is 0 Å². The van der Waals surface area contributed by atoms with E-state index >= 15 is 0 Å². The van der Waals surface area contributed by atoms with Crippen LogP contribution >= 0.6 is 11.6 Å². The summed E-state index contributed by atoms with van der Waals surface area (Å²) in [4.78, 5) is 22.7. The van der Waals surface area contributed by atoms with Gasteiger partial charge in [0.15, 0.2) is 0 Å². The van der Waals surface area contributed by atoms with E-state index in [1.165, 1.54) is 19.2 Å². The number of amides is 2. The number of halogens is 1. The predicted octanol–water partition coefficient (Wildman–Crippen LogP) is 2.19. The standard InChI is InChI=1S/C12H15ClN2O4/c1-7(6-19-2)14-12(18)15-9-5-3-4-8(13)10(9)11(16)17/h3-5,7H,6H2,1-2H3,(H,16,17)(H2,14,15,18). The quantitative estimate of drug-likeness (QED) is 0.774. The van der Waals surface area contributed by atoms with Gasteiger partial charge in [-0.25, -0.2) is 9.59 Å². The van der Waals surface area contributed by atoms with Gasteiger partial charge in [0, 0.05) is 7.11 Å². The van der Waals surface area contributed by atoms with Crippen LogP contribution in [0, 0.1) is 0 Å². The van der Waals surface area contributed by atoms with Crippen molar-refractivity contribution in [3.8, 4) is 0 Å². The molecule has 3 N–H and O–H groups in total. The highest BCUT2D eigenvalue weighted by Gasteiger charge is 2.16. The first-order valence-electron chi connectivity index (χ1n) is 5.54. The molecule has 0 saturated carbocycles. The first kappa shape index (κ1) is 15.3. The highest BCUT2D eigenvalue weighted by atomic mass is 35.5. The number of rotatable bonds is 5. The molecule has 0 heterocycles. The van der Waals surface area contributed by atoms with Gasteiger partial charge in [-0.3, -0.25) is 0 Å². The molecule has 0 saturated heterocycles. The highest BCUT2D eigenvalue weighted by molar-refractivity contribution is 6.34. The Labute approximate surface area is 115 Å². The number of ether oxygens (including phenoxy) is 1. The van der Waals surface area contributed by atoms with Gasteiger partial charge in [0.05, 0.1) is 23.4 Å². The molecule has 1 aromatic carbocycles. The average Bonchev–Trinajstić information content (AvgIpc) is 2.28. The number of carbonyl (C=O) groups is 2. The summed E-state index contributed by atoms with van der Waals surface area (Å²) in [5.74, 6) is -1.20. The molecule has 0 aromatic heterocycles. The Morgan fingerprint density at radius 2 is 2.16 bits per heavy atom. The zero-order valence-electron chi connectivity index (χ0n) is 10.6. The normalized spacial score (nSPS) is 11.7. The van der Waals surface area contributed by atoms with Crippen LogP contribution in [0.2, 0.25) is 5.02 Å². The molecule has 1 aromatic rings. The van der Waals surface area contributed by atoms with Gasteiger partial charge in [0.1, 0.15) is 5.56 Å². The van der Waals surface area contributed by atoms with Crippen LogP contribution in [-0.4, -0.2) is 36.9 Å². The van der Waals surface area contributed by atoms with Gasteiger partial charge >= 0.3 is 12.0 Å². The maximum atomic E-state index is 11.7. The number of benzene rings is 1. The monoisotopic (exact) mass is 286 g/mol. The number of anilines is 1. The molecule has 6 nitrogen and oxygen atoms in total. The summed E-state index contributed by atoms with van der Waals surface area (Å²) >= 11 is 5.79.